The van der Waals surface area contributed by atoms with E-state index in [1.165, 1.54) is 13.2 Å². The number of anilines is 1. The van der Waals surface area contributed by atoms with Crippen LogP contribution in [0.25, 0.3) is 10.9 Å². The van der Waals surface area contributed by atoms with Crippen molar-refractivity contribution in [3.05, 3.63) is 54.2 Å². The van der Waals surface area contributed by atoms with Crippen LogP contribution in [0.15, 0.2) is 48.5 Å². The molecule has 6 heteroatoms. The molecule has 0 bridgehead atoms. The average molecular weight is 324 g/mol. The minimum Gasteiger partial charge on any atom is -0.506 e. The standard InChI is InChI=1S/C18H16N2O4/c1-23-12-7-9-13(16(10-12)24-2)20-18(22)14-8-6-11-4-3-5-15(21)17(11)19-14/h3-10,21H,1-2H3,(H,20,22). The van der Waals surface area contributed by atoms with E-state index in [9.17, 15) is 9.90 Å². The van der Waals surface area contributed by atoms with Gasteiger partial charge in [-0.2, -0.15) is 0 Å². The SMILES string of the molecule is COc1ccc(NC(=O)c2ccc3cccc(O)c3n2)c(OC)c1. The first kappa shape index (κ1) is 15.6. The highest BCUT2D eigenvalue weighted by Crippen LogP contribution is 2.29. The molecule has 0 saturated carbocycles. The van der Waals surface area contributed by atoms with Crippen LogP contribution in [0.1, 0.15) is 10.5 Å². The number of phenolic OH excluding ortho intramolecular Hbond substituents is 1. The van der Waals surface area contributed by atoms with Crippen molar-refractivity contribution >= 4 is 22.5 Å². The fourth-order valence-electron chi connectivity index (χ4n) is 2.35. The lowest BCUT2D eigenvalue weighted by atomic mass is 10.2. The maximum atomic E-state index is 12.4. The van der Waals surface area contributed by atoms with Gasteiger partial charge < -0.3 is 19.9 Å². The third-order valence-corrected chi connectivity index (χ3v) is 3.59. The van der Waals surface area contributed by atoms with Gasteiger partial charge in [0, 0.05) is 11.5 Å². The molecule has 24 heavy (non-hydrogen) atoms. The predicted molar refractivity (Wildman–Crippen MR) is 90.9 cm³/mol. The number of ether oxygens (including phenoxy) is 2. The molecule has 2 N–H and O–H groups in total. The van der Waals surface area contributed by atoms with E-state index in [4.69, 9.17) is 9.47 Å². The van der Waals surface area contributed by atoms with E-state index >= 15 is 0 Å². The first-order valence-corrected chi connectivity index (χ1v) is 7.24. The van der Waals surface area contributed by atoms with Crippen LogP contribution in [-0.2, 0) is 0 Å². The van der Waals surface area contributed by atoms with Crippen LogP contribution in [-0.4, -0.2) is 30.2 Å². The summed E-state index contributed by atoms with van der Waals surface area (Å²) < 4.78 is 10.4. The minimum absolute atomic E-state index is 0.0316. The maximum absolute atomic E-state index is 12.4. The van der Waals surface area contributed by atoms with Gasteiger partial charge in [0.15, 0.2) is 0 Å². The Hall–Kier alpha value is -3.28. The number of aromatic nitrogens is 1. The first-order chi connectivity index (χ1) is 11.6. The monoisotopic (exact) mass is 324 g/mol. The van der Waals surface area contributed by atoms with Crippen molar-refractivity contribution in [2.45, 2.75) is 0 Å². The van der Waals surface area contributed by atoms with Crippen molar-refractivity contribution in [3.63, 3.8) is 0 Å². The van der Waals surface area contributed by atoms with Crippen LogP contribution in [0.3, 0.4) is 0 Å². The Morgan fingerprint density at radius 3 is 2.67 bits per heavy atom. The van der Waals surface area contributed by atoms with Crippen molar-refractivity contribution in [3.8, 4) is 17.2 Å². The Balaban J connectivity index is 1.91. The quantitative estimate of drug-likeness (QED) is 0.770. The normalized spacial score (nSPS) is 10.4. The Bertz CT molecular complexity index is 909. The third-order valence-electron chi connectivity index (χ3n) is 3.59. The number of hydrogen-bond acceptors (Lipinski definition) is 5. The van der Waals surface area contributed by atoms with Gasteiger partial charge in [-0.25, -0.2) is 4.98 Å². The molecule has 0 radical (unpaired) electrons. The zero-order valence-corrected chi connectivity index (χ0v) is 13.2. The van der Waals surface area contributed by atoms with Gasteiger partial charge >= 0.3 is 0 Å². The van der Waals surface area contributed by atoms with Gasteiger partial charge in [-0.3, -0.25) is 4.79 Å². The molecule has 2 aromatic carbocycles. The van der Waals surface area contributed by atoms with E-state index in [1.807, 2.05) is 6.07 Å². The zero-order chi connectivity index (χ0) is 17.1. The summed E-state index contributed by atoms with van der Waals surface area (Å²) in [5.74, 6) is 0.734. The predicted octanol–water partition coefficient (Wildman–Crippen LogP) is 3.21. The van der Waals surface area contributed by atoms with E-state index in [2.05, 4.69) is 10.3 Å². The van der Waals surface area contributed by atoms with Gasteiger partial charge in [-0.05, 0) is 24.3 Å². The molecule has 1 amide bonds. The van der Waals surface area contributed by atoms with Crippen LogP contribution >= 0.6 is 0 Å². The first-order valence-electron chi connectivity index (χ1n) is 7.24. The van der Waals surface area contributed by atoms with Crippen LogP contribution in [0, 0.1) is 0 Å². The number of phenols is 1. The highest BCUT2D eigenvalue weighted by atomic mass is 16.5. The summed E-state index contributed by atoms with van der Waals surface area (Å²) in [6, 6.07) is 13.5. The smallest absolute Gasteiger partial charge is 0.274 e. The number of pyridine rings is 1. The van der Waals surface area contributed by atoms with Crippen molar-refractivity contribution in [2.75, 3.05) is 19.5 Å². The van der Waals surface area contributed by atoms with Gasteiger partial charge in [-0.15, -0.1) is 0 Å². The fourth-order valence-corrected chi connectivity index (χ4v) is 2.35. The number of nitrogens with zero attached hydrogens (tertiary/aromatic N) is 1. The molecule has 0 atom stereocenters. The number of rotatable bonds is 4. The molecular weight excluding hydrogens is 308 g/mol. The summed E-state index contributed by atoms with van der Waals surface area (Å²) in [5.41, 5.74) is 1.08. The zero-order valence-electron chi connectivity index (χ0n) is 13.2. The molecule has 122 valence electrons. The second kappa shape index (κ2) is 6.45. The lowest BCUT2D eigenvalue weighted by Crippen LogP contribution is -2.14. The molecule has 0 aliphatic carbocycles. The summed E-state index contributed by atoms with van der Waals surface area (Å²) in [5, 5.41) is 13.4. The molecule has 1 aromatic heterocycles. The Morgan fingerprint density at radius 2 is 1.92 bits per heavy atom. The van der Waals surface area contributed by atoms with Crippen molar-refractivity contribution in [2.24, 2.45) is 0 Å². The molecule has 6 nitrogen and oxygen atoms in total. The van der Waals surface area contributed by atoms with E-state index in [1.54, 1.807) is 43.5 Å². The van der Waals surface area contributed by atoms with Gasteiger partial charge in [0.05, 0.1) is 19.9 Å². The molecule has 0 spiro atoms. The summed E-state index contributed by atoms with van der Waals surface area (Å²) in [4.78, 5) is 16.7. The lowest BCUT2D eigenvalue weighted by molar-refractivity contribution is 0.102. The average Bonchev–Trinajstić information content (AvgIpc) is 2.62. The molecule has 0 aliphatic rings. The van der Waals surface area contributed by atoms with Gasteiger partial charge in [-0.1, -0.05) is 18.2 Å². The Morgan fingerprint density at radius 1 is 1.08 bits per heavy atom. The summed E-state index contributed by atoms with van der Waals surface area (Å²) in [7, 11) is 3.06. The Labute approximate surface area is 138 Å². The highest BCUT2D eigenvalue weighted by molar-refractivity contribution is 6.05. The number of aromatic hydroxyl groups is 1. The largest absolute Gasteiger partial charge is 0.506 e. The minimum atomic E-state index is -0.399. The molecule has 1 heterocycles. The highest BCUT2D eigenvalue weighted by Gasteiger charge is 2.13. The van der Waals surface area contributed by atoms with Crippen LogP contribution < -0.4 is 14.8 Å². The van der Waals surface area contributed by atoms with Crippen LogP contribution in [0.4, 0.5) is 5.69 Å². The van der Waals surface area contributed by atoms with Gasteiger partial charge in [0.1, 0.15) is 28.5 Å². The lowest BCUT2D eigenvalue weighted by Gasteiger charge is -2.11. The molecule has 0 unspecified atom stereocenters. The number of hydrogen-bond donors (Lipinski definition) is 2. The number of amides is 1. The van der Waals surface area contributed by atoms with Crippen molar-refractivity contribution in [1.82, 2.24) is 4.98 Å². The van der Waals surface area contributed by atoms with Gasteiger partial charge in [0.25, 0.3) is 5.91 Å². The molecule has 0 aliphatic heterocycles. The number of methoxy groups -OCH3 is 2. The van der Waals surface area contributed by atoms with E-state index in [-0.39, 0.29) is 11.4 Å². The number of para-hydroxylation sites is 1. The van der Waals surface area contributed by atoms with Crippen LogP contribution in [0.5, 0.6) is 17.2 Å². The number of fused-ring (bicyclic) bond motifs is 1. The van der Waals surface area contributed by atoms with Crippen LogP contribution in [0.2, 0.25) is 0 Å². The second-order valence-electron chi connectivity index (χ2n) is 5.07. The topological polar surface area (TPSA) is 80.7 Å². The molecule has 3 aromatic rings. The van der Waals surface area contributed by atoms with Crippen molar-refractivity contribution in [1.29, 1.82) is 0 Å². The van der Waals surface area contributed by atoms with Gasteiger partial charge in [0.2, 0.25) is 0 Å². The summed E-state index contributed by atoms with van der Waals surface area (Å²) >= 11 is 0. The Kier molecular flexibility index (Phi) is 4.20. The fraction of sp³-hybridized carbons (Fsp3) is 0.111. The number of carbonyl (C=O) groups excluding carboxylic acids is 1. The number of benzene rings is 2. The van der Waals surface area contributed by atoms with Crippen molar-refractivity contribution < 1.29 is 19.4 Å². The third kappa shape index (κ3) is 2.94. The van der Waals surface area contributed by atoms with E-state index in [0.29, 0.717) is 22.7 Å². The maximum Gasteiger partial charge on any atom is 0.274 e. The molecule has 0 saturated heterocycles. The number of nitrogens with one attached hydrogen (secondary N) is 1. The molecule has 0 fully saturated rings. The molecular formula is C18H16N2O4. The van der Waals surface area contributed by atoms with E-state index < -0.39 is 5.91 Å². The summed E-state index contributed by atoms with van der Waals surface area (Å²) in [6.07, 6.45) is 0. The second-order valence-corrected chi connectivity index (χ2v) is 5.07. The molecule has 3 rings (SSSR count). The number of carbonyl (C=O) groups is 1. The van der Waals surface area contributed by atoms with E-state index in [0.717, 1.165) is 5.39 Å². The summed E-state index contributed by atoms with van der Waals surface area (Å²) in [6.45, 7) is 0.